The Morgan fingerprint density at radius 3 is 2.35 bits per heavy atom. The van der Waals surface area contributed by atoms with E-state index < -0.39 is 11.8 Å². The van der Waals surface area contributed by atoms with Crippen LogP contribution < -0.4 is 0 Å². The molecule has 0 aliphatic carbocycles. The molecular formula is C27H20N4O3. The number of amides is 2. The quantitative estimate of drug-likeness (QED) is 0.327. The fraction of sp³-hybridized carbons (Fsp3) is 0.111. The monoisotopic (exact) mass is 448 g/mol. The minimum absolute atomic E-state index is 0.0290. The Morgan fingerprint density at radius 2 is 1.71 bits per heavy atom. The van der Waals surface area contributed by atoms with Crippen molar-refractivity contribution < 1.29 is 14.0 Å². The van der Waals surface area contributed by atoms with Crippen LogP contribution >= 0.6 is 0 Å². The normalized spacial score (nSPS) is 15.4. The number of fused-ring (bicyclic) bond motifs is 1. The lowest BCUT2D eigenvalue weighted by Crippen LogP contribution is -2.42. The van der Waals surface area contributed by atoms with Crippen molar-refractivity contribution in [1.29, 1.82) is 5.26 Å². The molecule has 2 aromatic carbocycles. The molecule has 4 aromatic rings. The Balaban J connectivity index is 1.74. The number of hydrogen-bond acceptors (Lipinski definition) is 5. The van der Waals surface area contributed by atoms with Crippen LogP contribution in [0, 0.1) is 11.3 Å². The Kier molecular flexibility index (Phi) is 5.19. The lowest BCUT2D eigenvalue weighted by atomic mass is 9.94. The maximum absolute atomic E-state index is 13.1. The van der Waals surface area contributed by atoms with Crippen LogP contribution in [0.3, 0.4) is 0 Å². The fourth-order valence-corrected chi connectivity index (χ4v) is 4.12. The number of carbonyl (C=O) groups excluding carboxylic acids is 2. The van der Waals surface area contributed by atoms with E-state index in [9.17, 15) is 14.9 Å². The van der Waals surface area contributed by atoms with Gasteiger partial charge >= 0.3 is 0 Å². The van der Waals surface area contributed by atoms with E-state index in [0.29, 0.717) is 34.0 Å². The number of hydrogen-bond donors (Lipinski definition) is 0. The highest BCUT2D eigenvalue weighted by Crippen LogP contribution is 2.32. The first-order valence-electron chi connectivity index (χ1n) is 10.9. The van der Waals surface area contributed by atoms with Crippen molar-refractivity contribution in [3.05, 3.63) is 89.1 Å². The summed E-state index contributed by atoms with van der Waals surface area (Å²) in [5.74, 6) is -0.501. The van der Waals surface area contributed by atoms with Crippen molar-refractivity contribution in [1.82, 2.24) is 14.5 Å². The highest BCUT2D eigenvalue weighted by Gasteiger charge is 2.34. The van der Waals surface area contributed by atoms with Gasteiger partial charge in [-0.3, -0.25) is 19.1 Å². The van der Waals surface area contributed by atoms with Crippen LogP contribution in [0.2, 0.25) is 0 Å². The molecule has 1 aliphatic rings. The molecule has 34 heavy (non-hydrogen) atoms. The van der Waals surface area contributed by atoms with Gasteiger partial charge in [0.1, 0.15) is 11.6 Å². The number of rotatable bonds is 4. The van der Waals surface area contributed by atoms with Crippen LogP contribution in [0.5, 0.6) is 0 Å². The molecule has 7 nitrogen and oxygen atoms in total. The predicted octanol–water partition coefficient (Wildman–Crippen LogP) is 4.90. The summed E-state index contributed by atoms with van der Waals surface area (Å²) >= 11 is 0. The van der Waals surface area contributed by atoms with Crippen LogP contribution in [-0.4, -0.2) is 32.8 Å². The van der Waals surface area contributed by atoms with E-state index in [1.165, 1.54) is 0 Å². The zero-order valence-electron chi connectivity index (χ0n) is 18.6. The first-order chi connectivity index (χ1) is 16.5. The molecule has 0 saturated carbocycles. The van der Waals surface area contributed by atoms with Crippen LogP contribution in [0.15, 0.2) is 87.9 Å². The smallest absolute Gasteiger partial charge is 0.271 e. The number of oxazole rings is 1. The molecule has 2 amide bonds. The molecular weight excluding hydrogens is 428 g/mol. The van der Waals surface area contributed by atoms with Crippen molar-refractivity contribution in [2.45, 2.75) is 13.8 Å². The standard InChI is InChI=1S/C27H20N4O3/c1-3-30-26(32)21(17(2)22(16-28)27(30)33)14-20-15-23-24(31(20)19-12-8-5-9-13-19)29-25(34-23)18-10-6-4-7-11-18/h4-15H,3H2,1-2H3/b21-14-. The summed E-state index contributed by atoms with van der Waals surface area (Å²) in [6.45, 7) is 3.51. The van der Waals surface area contributed by atoms with Gasteiger partial charge in [-0.15, -0.1) is 0 Å². The van der Waals surface area contributed by atoms with E-state index in [1.54, 1.807) is 19.9 Å². The van der Waals surface area contributed by atoms with Crippen molar-refractivity contribution >= 4 is 29.1 Å². The molecule has 7 heteroatoms. The third-order valence-corrected chi connectivity index (χ3v) is 5.85. The van der Waals surface area contributed by atoms with Gasteiger partial charge in [0.05, 0.1) is 5.69 Å². The molecule has 166 valence electrons. The van der Waals surface area contributed by atoms with Gasteiger partial charge in [-0.05, 0) is 49.8 Å². The highest BCUT2D eigenvalue weighted by molar-refractivity contribution is 6.19. The molecule has 2 aromatic heterocycles. The number of nitriles is 1. The third kappa shape index (κ3) is 3.33. The van der Waals surface area contributed by atoms with Gasteiger partial charge in [-0.1, -0.05) is 36.4 Å². The van der Waals surface area contributed by atoms with Gasteiger partial charge in [0.15, 0.2) is 11.2 Å². The SMILES string of the molecule is CCN1C(=O)C(C#N)=C(C)/C(=C/c2cc3oc(-c4ccccc4)nc3n2-c2ccccc2)C1=O. The Labute approximate surface area is 195 Å². The molecule has 5 rings (SSSR count). The topological polar surface area (TPSA) is 92.1 Å². The summed E-state index contributed by atoms with van der Waals surface area (Å²) in [7, 11) is 0. The van der Waals surface area contributed by atoms with Crippen LogP contribution in [0.1, 0.15) is 19.5 Å². The molecule has 0 bridgehead atoms. The zero-order chi connectivity index (χ0) is 23.8. The molecule has 0 spiro atoms. The van der Waals surface area contributed by atoms with Gasteiger partial charge < -0.3 is 4.42 Å². The number of carbonyl (C=O) groups is 2. The molecule has 0 N–H and O–H groups in total. The van der Waals surface area contributed by atoms with Gasteiger partial charge in [0.2, 0.25) is 5.89 Å². The van der Waals surface area contributed by atoms with Crippen LogP contribution in [0.25, 0.3) is 34.4 Å². The van der Waals surface area contributed by atoms with Gasteiger partial charge in [0.25, 0.3) is 11.8 Å². The summed E-state index contributed by atoms with van der Waals surface area (Å²) in [5, 5.41) is 9.54. The molecule has 0 unspecified atom stereocenters. The van der Waals surface area contributed by atoms with Gasteiger partial charge in [0, 0.05) is 29.4 Å². The van der Waals surface area contributed by atoms with E-state index in [0.717, 1.165) is 16.2 Å². The minimum atomic E-state index is -0.564. The van der Waals surface area contributed by atoms with Crippen molar-refractivity contribution in [3.63, 3.8) is 0 Å². The average molecular weight is 448 g/mol. The highest BCUT2D eigenvalue weighted by atomic mass is 16.3. The number of para-hydroxylation sites is 1. The van der Waals surface area contributed by atoms with E-state index in [4.69, 9.17) is 9.40 Å². The molecule has 0 atom stereocenters. The number of benzene rings is 2. The molecule has 3 heterocycles. The molecule has 0 radical (unpaired) electrons. The maximum atomic E-state index is 13.1. The van der Waals surface area contributed by atoms with E-state index >= 15 is 0 Å². The molecule has 1 aliphatic heterocycles. The van der Waals surface area contributed by atoms with E-state index in [-0.39, 0.29) is 12.1 Å². The second-order valence-electron chi connectivity index (χ2n) is 7.84. The fourth-order valence-electron chi connectivity index (χ4n) is 4.12. The summed E-state index contributed by atoms with van der Waals surface area (Å²) in [6.07, 6.45) is 1.69. The molecule has 0 fully saturated rings. The van der Waals surface area contributed by atoms with Crippen molar-refractivity contribution in [2.75, 3.05) is 6.54 Å². The minimum Gasteiger partial charge on any atom is -0.434 e. The summed E-state index contributed by atoms with van der Waals surface area (Å²) < 4.78 is 7.97. The van der Waals surface area contributed by atoms with Crippen molar-refractivity contribution in [3.8, 4) is 23.2 Å². The second kappa shape index (κ2) is 8.34. The first-order valence-corrected chi connectivity index (χ1v) is 10.9. The lowest BCUT2D eigenvalue weighted by Gasteiger charge is -2.26. The summed E-state index contributed by atoms with van der Waals surface area (Å²) in [6, 6.07) is 23.0. The zero-order valence-corrected chi connectivity index (χ0v) is 18.6. The first kappa shape index (κ1) is 21.2. The molecule has 0 saturated heterocycles. The van der Waals surface area contributed by atoms with Crippen LogP contribution in [0.4, 0.5) is 0 Å². The second-order valence-corrected chi connectivity index (χ2v) is 7.84. The Hall–Kier alpha value is -4.70. The van der Waals surface area contributed by atoms with E-state index in [1.807, 2.05) is 77.4 Å². The summed E-state index contributed by atoms with van der Waals surface area (Å²) in [5.41, 5.74) is 4.13. The van der Waals surface area contributed by atoms with Gasteiger partial charge in [-0.2, -0.15) is 10.2 Å². The van der Waals surface area contributed by atoms with Gasteiger partial charge in [-0.25, -0.2) is 0 Å². The lowest BCUT2D eigenvalue weighted by molar-refractivity contribution is -0.140. The van der Waals surface area contributed by atoms with Crippen LogP contribution in [-0.2, 0) is 9.59 Å². The number of nitrogens with zero attached hydrogens (tertiary/aromatic N) is 4. The number of likely N-dealkylation sites (N-methyl/N-ethyl adjacent to an activating group) is 1. The summed E-state index contributed by atoms with van der Waals surface area (Å²) in [4.78, 5) is 31.5. The largest absolute Gasteiger partial charge is 0.434 e. The van der Waals surface area contributed by atoms with Crippen molar-refractivity contribution in [2.24, 2.45) is 0 Å². The number of imide groups is 1. The Bertz CT molecular complexity index is 1530. The Morgan fingerprint density at radius 1 is 1.03 bits per heavy atom. The third-order valence-electron chi connectivity index (χ3n) is 5.85. The maximum Gasteiger partial charge on any atom is 0.271 e. The van der Waals surface area contributed by atoms with E-state index in [2.05, 4.69) is 0 Å². The average Bonchev–Trinajstić information content (AvgIpc) is 3.41. The predicted molar refractivity (Wildman–Crippen MR) is 127 cm³/mol. The number of aromatic nitrogens is 2.